The summed E-state index contributed by atoms with van der Waals surface area (Å²) < 4.78 is 13.7. The van der Waals surface area contributed by atoms with E-state index < -0.39 is 0 Å². The first-order valence-electron chi connectivity index (χ1n) is 5.31. The number of benzene rings is 1. The Balaban J connectivity index is 2.48. The minimum atomic E-state index is -0.211. The van der Waals surface area contributed by atoms with Crippen LogP contribution >= 0.6 is 15.9 Å². The van der Waals surface area contributed by atoms with Crippen molar-refractivity contribution in [2.45, 2.75) is 19.5 Å². The lowest BCUT2D eigenvalue weighted by molar-refractivity contribution is 0.349. The van der Waals surface area contributed by atoms with Crippen molar-refractivity contribution in [3.05, 3.63) is 34.1 Å². The third kappa shape index (κ3) is 4.60. The molecule has 0 aliphatic rings. The van der Waals surface area contributed by atoms with Gasteiger partial charge in [0.15, 0.2) is 0 Å². The van der Waals surface area contributed by atoms with E-state index in [0.717, 1.165) is 23.1 Å². The summed E-state index contributed by atoms with van der Waals surface area (Å²) in [6.45, 7) is 3.87. The molecule has 0 saturated carbocycles. The van der Waals surface area contributed by atoms with Crippen molar-refractivity contribution in [3.63, 3.8) is 0 Å². The summed E-state index contributed by atoms with van der Waals surface area (Å²) in [7, 11) is 4.10. The lowest BCUT2D eigenvalue weighted by Crippen LogP contribution is -2.35. The van der Waals surface area contributed by atoms with Crippen molar-refractivity contribution < 1.29 is 4.39 Å². The Morgan fingerprint density at radius 3 is 2.69 bits per heavy atom. The van der Waals surface area contributed by atoms with Crippen LogP contribution in [0.2, 0.25) is 0 Å². The zero-order valence-electron chi connectivity index (χ0n) is 9.93. The van der Waals surface area contributed by atoms with Gasteiger partial charge in [0.1, 0.15) is 5.82 Å². The highest BCUT2D eigenvalue weighted by Crippen LogP contribution is 2.17. The number of rotatable bonds is 5. The first-order chi connectivity index (χ1) is 7.49. The fourth-order valence-corrected chi connectivity index (χ4v) is 2.05. The molecule has 0 spiro atoms. The molecule has 0 amide bonds. The van der Waals surface area contributed by atoms with E-state index in [2.05, 4.69) is 33.1 Å². The highest BCUT2D eigenvalue weighted by molar-refractivity contribution is 9.10. The summed E-state index contributed by atoms with van der Waals surface area (Å²) in [6.07, 6.45) is 0. The van der Waals surface area contributed by atoms with Crippen LogP contribution in [0.5, 0.6) is 0 Å². The average molecular weight is 289 g/mol. The minimum absolute atomic E-state index is 0.211. The van der Waals surface area contributed by atoms with E-state index in [-0.39, 0.29) is 5.82 Å². The molecule has 0 aliphatic heterocycles. The number of halogens is 2. The number of hydrogen-bond donors (Lipinski definition) is 1. The molecule has 0 fully saturated rings. The molecular weight excluding hydrogens is 271 g/mol. The van der Waals surface area contributed by atoms with Gasteiger partial charge in [-0.05, 0) is 38.7 Å². The van der Waals surface area contributed by atoms with Gasteiger partial charge >= 0.3 is 0 Å². The molecule has 1 unspecified atom stereocenters. The van der Waals surface area contributed by atoms with Crippen LogP contribution in [0.1, 0.15) is 12.5 Å². The number of likely N-dealkylation sites (N-methyl/N-ethyl adjacent to an activating group) is 1. The van der Waals surface area contributed by atoms with Gasteiger partial charge in [0.05, 0.1) is 0 Å². The van der Waals surface area contributed by atoms with Crippen molar-refractivity contribution >= 4 is 15.9 Å². The van der Waals surface area contributed by atoms with Gasteiger partial charge in [0, 0.05) is 23.6 Å². The van der Waals surface area contributed by atoms with Crippen LogP contribution < -0.4 is 5.32 Å². The monoisotopic (exact) mass is 288 g/mol. The fourth-order valence-electron chi connectivity index (χ4n) is 1.56. The molecule has 1 aromatic rings. The summed E-state index contributed by atoms with van der Waals surface area (Å²) >= 11 is 3.36. The zero-order valence-corrected chi connectivity index (χ0v) is 11.5. The molecule has 2 nitrogen and oxygen atoms in total. The normalized spacial score (nSPS) is 13.1. The highest BCUT2D eigenvalue weighted by Gasteiger charge is 2.05. The second-order valence-corrected chi connectivity index (χ2v) is 5.13. The van der Waals surface area contributed by atoms with Crippen molar-refractivity contribution in [2.24, 2.45) is 0 Å². The van der Waals surface area contributed by atoms with Crippen molar-refractivity contribution in [1.82, 2.24) is 10.2 Å². The fraction of sp³-hybridized carbons (Fsp3) is 0.500. The Bertz CT molecular complexity index is 342. The predicted octanol–water partition coefficient (Wildman–Crippen LogP) is 2.63. The standard InChI is InChI=1S/C12H18BrFN2/c1-9(8-16(2)3)15-7-10-4-5-11(14)6-12(10)13/h4-6,9,15H,7-8H2,1-3H3. The average Bonchev–Trinajstić information content (AvgIpc) is 2.15. The smallest absolute Gasteiger partial charge is 0.124 e. The predicted molar refractivity (Wildman–Crippen MR) is 69.0 cm³/mol. The van der Waals surface area contributed by atoms with Gasteiger partial charge in [0.2, 0.25) is 0 Å². The first-order valence-corrected chi connectivity index (χ1v) is 6.10. The lowest BCUT2D eigenvalue weighted by Gasteiger charge is -2.18. The van der Waals surface area contributed by atoms with Crippen LogP contribution in [0.15, 0.2) is 22.7 Å². The second kappa shape index (κ2) is 6.33. The maximum Gasteiger partial charge on any atom is 0.124 e. The van der Waals surface area contributed by atoms with Crippen molar-refractivity contribution in [1.29, 1.82) is 0 Å². The van der Waals surface area contributed by atoms with E-state index in [1.807, 2.05) is 14.1 Å². The summed E-state index contributed by atoms with van der Waals surface area (Å²) in [5.41, 5.74) is 1.08. The van der Waals surface area contributed by atoms with E-state index in [9.17, 15) is 4.39 Å². The van der Waals surface area contributed by atoms with Gasteiger partial charge in [-0.15, -0.1) is 0 Å². The Kier molecular flexibility index (Phi) is 5.38. The molecule has 0 bridgehead atoms. The third-order valence-electron chi connectivity index (χ3n) is 2.30. The van der Waals surface area contributed by atoms with Gasteiger partial charge in [-0.1, -0.05) is 22.0 Å². The van der Waals surface area contributed by atoms with Gasteiger partial charge in [0.25, 0.3) is 0 Å². The number of nitrogens with one attached hydrogen (secondary N) is 1. The van der Waals surface area contributed by atoms with Crippen LogP contribution in [0, 0.1) is 5.82 Å². The molecule has 90 valence electrons. The van der Waals surface area contributed by atoms with Crippen LogP contribution in [0.3, 0.4) is 0 Å². The van der Waals surface area contributed by atoms with Gasteiger partial charge in [-0.2, -0.15) is 0 Å². The number of nitrogens with zero attached hydrogens (tertiary/aromatic N) is 1. The first kappa shape index (κ1) is 13.6. The Hall–Kier alpha value is -0.450. The van der Waals surface area contributed by atoms with Crippen LogP contribution in [-0.2, 0) is 6.54 Å². The molecule has 1 N–H and O–H groups in total. The van der Waals surface area contributed by atoms with E-state index in [4.69, 9.17) is 0 Å². The minimum Gasteiger partial charge on any atom is -0.309 e. The molecule has 0 heterocycles. The van der Waals surface area contributed by atoms with Crippen molar-refractivity contribution in [2.75, 3.05) is 20.6 Å². The number of hydrogen-bond acceptors (Lipinski definition) is 2. The van der Waals surface area contributed by atoms with Crippen LogP contribution in [0.25, 0.3) is 0 Å². The quantitative estimate of drug-likeness (QED) is 0.896. The second-order valence-electron chi connectivity index (χ2n) is 4.28. The zero-order chi connectivity index (χ0) is 12.1. The maximum atomic E-state index is 12.9. The molecule has 0 radical (unpaired) electrons. The molecule has 1 atom stereocenters. The van der Waals surface area contributed by atoms with E-state index >= 15 is 0 Å². The maximum absolute atomic E-state index is 12.9. The molecular formula is C12H18BrFN2. The van der Waals surface area contributed by atoms with Gasteiger partial charge in [-0.25, -0.2) is 4.39 Å². The molecule has 0 saturated heterocycles. The molecule has 0 aliphatic carbocycles. The summed E-state index contributed by atoms with van der Waals surface area (Å²) in [5, 5.41) is 3.40. The van der Waals surface area contributed by atoms with Crippen molar-refractivity contribution in [3.8, 4) is 0 Å². The lowest BCUT2D eigenvalue weighted by atomic mass is 10.2. The van der Waals surface area contributed by atoms with Gasteiger partial charge in [-0.3, -0.25) is 0 Å². The molecule has 4 heteroatoms. The summed E-state index contributed by atoms with van der Waals surface area (Å²) in [6, 6.07) is 5.19. The largest absolute Gasteiger partial charge is 0.309 e. The molecule has 1 rings (SSSR count). The Morgan fingerprint density at radius 2 is 2.12 bits per heavy atom. The van der Waals surface area contributed by atoms with Crippen LogP contribution in [0.4, 0.5) is 4.39 Å². The van der Waals surface area contributed by atoms with E-state index in [1.165, 1.54) is 12.1 Å². The Labute approximate surface area is 105 Å². The summed E-state index contributed by atoms with van der Waals surface area (Å²) in [4.78, 5) is 2.14. The summed E-state index contributed by atoms with van der Waals surface area (Å²) in [5.74, 6) is -0.211. The Morgan fingerprint density at radius 1 is 1.44 bits per heavy atom. The molecule has 1 aromatic carbocycles. The molecule has 16 heavy (non-hydrogen) atoms. The topological polar surface area (TPSA) is 15.3 Å². The molecule has 0 aromatic heterocycles. The van der Waals surface area contributed by atoms with E-state index in [1.54, 1.807) is 6.07 Å². The third-order valence-corrected chi connectivity index (χ3v) is 3.03. The highest BCUT2D eigenvalue weighted by atomic mass is 79.9. The van der Waals surface area contributed by atoms with Crippen LogP contribution in [-0.4, -0.2) is 31.6 Å². The van der Waals surface area contributed by atoms with Gasteiger partial charge < -0.3 is 10.2 Å². The SMILES string of the molecule is CC(CN(C)C)NCc1ccc(F)cc1Br. The van der Waals surface area contributed by atoms with E-state index in [0.29, 0.717) is 6.04 Å².